The van der Waals surface area contributed by atoms with Gasteiger partial charge in [0.25, 0.3) is 10.1 Å². The van der Waals surface area contributed by atoms with Crippen molar-refractivity contribution in [2.75, 3.05) is 30.5 Å². The van der Waals surface area contributed by atoms with Crippen molar-refractivity contribution in [1.82, 2.24) is 0 Å². The average molecular weight is 904 g/mol. The predicted octanol–water partition coefficient (Wildman–Crippen LogP) is 3.82. The van der Waals surface area contributed by atoms with Crippen LogP contribution in [-0.2, 0) is 68.3 Å². The van der Waals surface area contributed by atoms with Crippen molar-refractivity contribution < 1.29 is 83.8 Å². The minimum atomic E-state index is -5.14. The first-order valence-corrected chi connectivity index (χ1v) is 22.6. The Balaban J connectivity index is 1.76. The fourth-order valence-electron chi connectivity index (χ4n) is 4.43. The Labute approximate surface area is 321 Å². The Morgan fingerprint density at radius 2 is 1.21 bits per heavy atom. The Bertz CT molecular complexity index is 2760. The van der Waals surface area contributed by atoms with E-state index in [2.05, 4.69) is 38.2 Å². The summed E-state index contributed by atoms with van der Waals surface area (Å²) in [5.74, 6) is -2.53. The monoisotopic (exact) mass is 903 g/mol. The number of rotatable bonds is 18. The first kappa shape index (κ1) is 44.4. The third-order valence-corrected chi connectivity index (χ3v) is 12.6. The van der Waals surface area contributed by atoms with Crippen LogP contribution >= 0.6 is 12.0 Å². The zero-order chi connectivity index (χ0) is 41.7. The number of nitrogens with two attached hydrogens (primary N) is 1. The number of benzene rings is 4. The van der Waals surface area contributed by atoms with Gasteiger partial charge in [0.05, 0.1) is 73.9 Å². The van der Waals surface area contributed by atoms with E-state index in [1.165, 1.54) is 12.1 Å². The average Bonchev–Trinajstić information content (AvgIpc) is 3.08. The molecule has 4 rings (SSSR count). The fourth-order valence-corrected chi connectivity index (χ4v) is 8.61. The van der Waals surface area contributed by atoms with E-state index in [0.717, 1.165) is 48.5 Å². The molecule has 4 aromatic carbocycles. The summed E-state index contributed by atoms with van der Waals surface area (Å²) in [4.78, 5) is -1.85. The lowest BCUT2D eigenvalue weighted by molar-refractivity contribution is -0.432. The van der Waals surface area contributed by atoms with Gasteiger partial charge < -0.3 is 10.8 Å². The van der Waals surface area contributed by atoms with Gasteiger partial charge in [-0.1, -0.05) is 11.1 Å². The first-order valence-electron chi connectivity index (χ1n) is 14.4. The van der Waals surface area contributed by atoms with E-state index in [1.54, 1.807) is 0 Å². The van der Waals surface area contributed by atoms with Crippen LogP contribution in [0.15, 0.2) is 101 Å². The standard InChI is InChI=1S/C26H25N5O19S6/c27-23-22-15(13-21(54(38,39)40)25(23)31-28-16-4-6-18(7-5-16)52(34,35)10-8-47-55(41,42)43)12-20(51-50-49-33)24(26(22)32)30-29-17-2-1-3-19(14-17)53(36,37)11-9-48-56(44,45)46/h1-7,12-14,32-33H,8-11,27H2,(H,38,39,40)(H,41,42,43)(H,44,45,46). The first-order chi connectivity index (χ1) is 25.9. The Morgan fingerprint density at radius 3 is 1.77 bits per heavy atom. The summed E-state index contributed by atoms with van der Waals surface area (Å²) in [5.41, 5.74) is 4.20. The van der Waals surface area contributed by atoms with Crippen LogP contribution in [0.1, 0.15) is 0 Å². The van der Waals surface area contributed by atoms with E-state index in [-0.39, 0.29) is 48.9 Å². The van der Waals surface area contributed by atoms with Crippen LogP contribution in [0.25, 0.3) is 10.8 Å². The molecule has 4 aromatic rings. The number of fused-ring (bicyclic) bond motifs is 1. The van der Waals surface area contributed by atoms with Crippen LogP contribution in [0.3, 0.4) is 0 Å². The topological polar surface area (TPSA) is 384 Å². The molecular formula is C26H25N5O19S6. The van der Waals surface area contributed by atoms with Crippen LogP contribution in [0, 0.1) is 0 Å². The number of hydrogen-bond acceptors (Lipinski definition) is 22. The Hall–Kier alpha value is -4.28. The molecule has 0 aliphatic rings. The molecule has 24 nitrogen and oxygen atoms in total. The van der Waals surface area contributed by atoms with Gasteiger partial charge in [-0.25, -0.2) is 30.5 Å². The van der Waals surface area contributed by atoms with E-state index >= 15 is 0 Å². The van der Waals surface area contributed by atoms with Crippen LogP contribution in [0.5, 0.6) is 5.75 Å². The molecule has 0 heterocycles. The van der Waals surface area contributed by atoms with E-state index in [1.807, 2.05) is 0 Å². The zero-order valence-corrected chi connectivity index (χ0v) is 32.3. The maximum Gasteiger partial charge on any atom is 0.397 e. The summed E-state index contributed by atoms with van der Waals surface area (Å²) in [6, 6.07) is 10.9. The van der Waals surface area contributed by atoms with Crippen molar-refractivity contribution in [2.24, 2.45) is 20.5 Å². The predicted molar refractivity (Wildman–Crippen MR) is 191 cm³/mol. The highest BCUT2D eigenvalue weighted by atomic mass is 32.3. The summed E-state index contributed by atoms with van der Waals surface area (Å²) in [5, 5.41) is 38.6. The zero-order valence-electron chi connectivity index (χ0n) is 27.4. The molecule has 7 N–H and O–H groups in total. The van der Waals surface area contributed by atoms with Crippen molar-refractivity contribution in [3.8, 4) is 5.75 Å². The molecule has 0 spiro atoms. The second-order valence-electron chi connectivity index (χ2n) is 10.5. The van der Waals surface area contributed by atoms with Crippen molar-refractivity contribution in [2.45, 2.75) is 19.6 Å². The highest BCUT2D eigenvalue weighted by molar-refractivity contribution is 7.94. The molecule has 304 valence electrons. The summed E-state index contributed by atoms with van der Waals surface area (Å²) in [7, 11) is -23.3. The number of nitrogen functional groups attached to an aromatic ring is 1. The fraction of sp³-hybridized carbons (Fsp3) is 0.154. The molecule has 56 heavy (non-hydrogen) atoms. The molecule has 0 radical (unpaired) electrons. The third-order valence-electron chi connectivity index (χ3n) is 6.82. The van der Waals surface area contributed by atoms with Gasteiger partial charge in [0, 0.05) is 0 Å². The molecule has 0 fully saturated rings. The quantitative estimate of drug-likeness (QED) is 0.0206. The van der Waals surface area contributed by atoms with E-state index < -0.39 is 103 Å². The molecule has 0 aromatic heterocycles. The van der Waals surface area contributed by atoms with Crippen LogP contribution in [-0.4, -0.2) is 90.8 Å². The minimum Gasteiger partial charge on any atom is -0.505 e. The molecule has 0 atom stereocenters. The largest absolute Gasteiger partial charge is 0.505 e. The highest BCUT2D eigenvalue weighted by Gasteiger charge is 2.26. The van der Waals surface area contributed by atoms with E-state index in [9.17, 15) is 51.7 Å². The molecule has 0 amide bonds. The van der Waals surface area contributed by atoms with Gasteiger partial charge >= 0.3 is 20.8 Å². The van der Waals surface area contributed by atoms with E-state index in [0.29, 0.717) is 0 Å². The SMILES string of the molecule is Nc1c(N=Nc2ccc(S(=O)(=O)CCOS(=O)(=O)O)cc2)c(S(=O)(=O)O)cc2cc(SOOO)c(N=Nc3cccc(S(=O)(=O)CCOS(=O)(=O)O)c3)c(O)c12. The maximum absolute atomic E-state index is 12.7. The molecule has 0 unspecified atom stereocenters. The van der Waals surface area contributed by atoms with Crippen LogP contribution < -0.4 is 5.73 Å². The third kappa shape index (κ3) is 11.9. The number of anilines is 1. The Kier molecular flexibility index (Phi) is 13.9. The van der Waals surface area contributed by atoms with Gasteiger partial charge in [-0.05, 0) is 60.0 Å². The number of hydrogen-bond donors (Lipinski definition) is 6. The lowest BCUT2D eigenvalue weighted by Gasteiger charge is -2.14. The summed E-state index contributed by atoms with van der Waals surface area (Å²) < 4.78 is 158. The van der Waals surface area contributed by atoms with Gasteiger partial charge in [0.1, 0.15) is 16.3 Å². The number of phenols is 1. The lowest BCUT2D eigenvalue weighted by atomic mass is 10.1. The van der Waals surface area contributed by atoms with Gasteiger partial charge in [-0.3, -0.25) is 13.7 Å². The van der Waals surface area contributed by atoms with Crippen LogP contribution in [0.2, 0.25) is 0 Å². The smallest absolute Gasteiger partial charge is 0.397 e. The second kappa shape index (κ2) is 17.5. The highest BCUT2D eigenvalue weighted by Crippen LogP contribution is 2.49. The number of azo groups is 2. The second-order valence-corrected chi connectivity index (χ2v) is 19.1. The van der Waals surface area contributed by atoms with Gasteiger partial charge in [0.2, 0.25) is 0 Å². The summed E-state index contributed by atoms with van der Waals surface area (Å²) in [6.45, 7) is -1.80. The van der Waals surface area contributed by atoms with Crippen molar-refractivity contribution in [1.29, 1.82) is 0 Å². The van der Waals surface area contributed by atoms with Crippen molar-refractivity contribution >= 4 is 102 Å². The summed E-state index contributed by atoms with van der Waals surface area (Å²) in [6.07, 6.45) is 0. The molecule has 0 aliphatic heterocycles. The Morgan fingerprint density at radius 1 is 0.661 bits per heavy atom. The molecule has 30 heteroatoms. The van der Waals surface area contributed by atoms with Gasteiger partial charge in [0.15, 0.2) is 25.4 Å². The molecular weight excluding hydrogens is 879 g/mol. The number of nitrogens with zero attached hydrogens (tertiary/aromatic N) is 4. The molecule has 0 aliphatic carbocycles. The summed E-state index contributed by atoms with van der Waals surface area (Å²) >= 11 is 0.221. The van der Waals surface area contributed by atoms with Crippen molar-refractivity contribution in [3.05, 3.63) is 60.7 Å². The maximum atomic E-state index is 12.7. The molecule has 0 saturated carbocycles. The van der Waals surface area contributed by atoms with Crippen LogP contribution in [0.4, 0.5) is 28.4 Å². The van der Waals surface area contributed by atoms with E-state index in [4.69, 9.17) is 20.1 Å². The molecule has 0 bridgehead atoms. The van der Waals surface area contributed by atoms with Gasteiger partial charge in [-0.2, -0.15) is 35.5 Å². The molecule has 0 saturated heterocycles. The van der Waals surface area contributed by atoms with Gasteiger partial charge in [-0.15, -0.1) is 14.6 Å². The number of sulfone groups is 2. The minimum absolute atomic E-state index is 0.0965. The van der Waals surface area contributed by atoms with Crippen molar-refractivity contribution in [3.63, 3.8) is 0 Å². The lowest BCUT2D eigenvalue weighted by Crippen LogP contribution is -2.15. The normalized spacial score (nSPS) is 13.3. The number of phenolic OH excluding ortho intramolecular Hbond substituents is 1. The number of aromatic hydroxyl groups is 1.